The van der Waals surface area contributed by atoms with Crippen molar-refractivity contribution >= 4 is 34.8 Å². The van der Waals surface area contributed by atoms with Gasteiger partial charge in [-0.25, -0.2) is 9.97 Å². The van der Waals surface area contributed by atoms with E-state index in [0.717, 1.165) is 6.07 Å². The molecule has 0 saturated heterocycles. The van der Waals surface area contributed by atoms with Gasteiger partial charge in [0.15, 0.2) is 5.82 Å². The average molecular weight is 468 g/mol. The molecule has 0 radical (unpaired) electrons. The SMILES string of the molecule is CC(=O)Nc1ccc(-c2c(NC(C)=O)nc3ccc(-c4cnc(N)c(C(F)(F)F)c4)cn23)cc1. The third-order valence-corrected chi connectivity index (χ3v) is 4.95. The van der Waals surface area contributed by atoms with Gasteiger partial charge in [-0.3, -0.25) is 14.0 Å². The molecule has 34 heavy (non-hydrogen) atoms. The molecule has 0 fully saturated rings. The zero-order chi connectivity index (χ0) is 24.6. The highest BCUT2D eigenvalue weighted by Crippen LogP contribution is 2.36. The van der Waals surface area contributed by atoms with Crippen molar-refractivity contribution in [1.29, 1.82) is 0 Å². The van der Waals surface area contributed by atoms with Crippen molar-refractivity contribution in [2.75, 3.05) is 16.4 Å². The summed E-state index contributed by atoms with van der Waals surface area (Å²) in [5.41, 5.74) is 7.27. The summed E-state index contributed by atoms with van der Waals surface area (Å²) >= 11 is 0. The van der Waals surface area contributed by atoms with Crippen molar-refractivity contribution in [2.24, 2.45) is 0 Å². The molecular weight excluding hydrogens is 449 g/mol. The van der Waals surface area contributed by atoms with Gasteiger partial charge in [0.1, 0.15) is 11.5 Å². The lowest BCUT2D eigenvalue weighted by Crippen LogP contribution is -2.10. The number of fused-ring (bicyclic) bond motifs is 1. The second kappa shape index (κ2) is 8.50. The maximum atomic E-state index is 13.3. The molecule has 11 heteroatoms. The Bertz CT molecular complexity index is 1410. The molecule has 4 rings (SSSR count). The van der Waals surface area contributed by atoms with Gasteiger partial charge in [0.2, 0.25) is 11.8 Å². The number of halogens is 3. The lowest BCUT2D eigenvalue weighted by Gasteiger charge is -2.12. The Morgan fingerprint density at radius 1 is 0.941 bits per heavy atom. The van der Waals surface area contributed by atoms with Gasteiger partial charge in [-0.2, -0.15) is 13.2 Å². The van der Waals surface area contributed by atoms with E-state index in [1.54, 1.807) is 47.0 Å². The van der Waals surface area contributed by atoms with E-state index in [1.165, 1.54) is 20.0 Å². The number of imidazole rings is 1. The Morgan fingerprint density at radius 2 is 1.59 bits per heavy atom. The minimum Gasteiger partial charge on any atom is -0.383 e. The number of nitrogens with two attached hydrogens (primary N) is 1. The smallest absolute Gasteiger partial charge is 0.383 e. The van der Waals surface area contributed by atoms with E-state index < -0.39 is 17.6 Å². The highest BCUT2D eigenvalue weighted by molar-refractivity contribution is 5.94. The standard InChI is InChI=1S/C23H19F3N6O2/c1-12(33)29-17-6-3-14(4-7-17)20-22(30-13(2)34)31-19-8-5-15(11-32(19)20)16-9-18(23(24,25)26)21(27)28-10-16/h3-11H,1-2H3,(H2,27,28)(H,29,33)(H,30,34). The first-order valence-corrected chi connectivity index (χ1v) is 10.0. The summed E-state index contributed by atoms with van der Waals surface area (Å²) in [5.74, 6) is -0.880. The van der Waals surface area contributed by atoms with Crippen molar-refractivity contribution in [3.8, 4) is 22.4 Å². The van der Waals surface area contributed by atoms with Crippen LogP contribution in [0.2, 0.25) is 0 Å². The molecule has 3 aromatic heterocycles. The van der Waals surface area contributed by atoms with Gasteiger partial charge in [-0.1, -0.05) is 12.1 Å². The molecule has 8 nitrogen and oxygen atoms in total. The third kappa shape index (κ3) is 4.53. The van der Waals surface area contributed by atoms with Crippen LogP contribution in [-0.4, -0.2) is 26.2 Å². The summed E-state index contributed by atoms with van der Waals surface area (Å²) in [4.78, 5) is 31.2. The molecule has 0 aliphatic rings. The number of hydrogen-bond donors (Lipinski definition) is 3. The number of alkyl halides is 3. The minimum absolute atomic E-state index is 0.213. The van der Waals surface area contributed by atoms with Crippen LogP contribution >= 0.6 is 0 Å². The predicted molar refractivity (Wildman–Crippen MR) is 122 cm³/mol. The first-order valence-electron chi connectivity index (χ1n) is 10.0. The number of nitrogens with zero attached hydrogens (tertiary/aromatic N) is 3. The number of aromatic nitrogens is 3. The van der Waals surface area contributed by atoms with Gasteiger partial charge in [0.05, 0.1) is 11.3 Å². The van der Waals surface area contributed by atoms with E-state index >= 15 is 0 Å². The molecule has 0 bridgehead atoms. The second-order valence-electron chi connectivity index (χ2n) is 7.55. The molecule has 0 unspecified atom stereocenters. The van der Waals surface area contributed by atoms with Crippen molar-refractivity contribution in [3.63, 3.8) is 0 Å². The maximum absolute atomic E-state index is 13.3. The molecule has 0 spiro atoms. The van der Waals surface area contributed by atoms with Crippen molar-refractivity contribution in [3.05, 3.63) is 60.4 Å². The zero-order valence-corrected chi connectivity index (χ0v) is 18.1. The van der Waals surface area contributed by atoms with E-state index in [0.29, 0.717) is 28.2 Å². The van der Waals surface area contributed by atoms with Crippen LogP contribution in [-0.2, 0) is 15.8 Å². The fourth-order valence-corrected chi connectivity index (χ4v) is 3.52. The fraction of sp³-hybridized carbons (Fsp3) is 0.130. The van der Waals surface area contributed by atoms with Gasteiger partial charge in [-0.05, 0) is 30.3 Å². The molecule has 3 heterocycles. The molecule has 2 amide bonds. The number of benzene rings is 1. The number of amides is 2. The van der Waals surface area contributed by atoms with E-state index in [2.05, 4.69) is 20.6 Å². The number of pyridine rings is 2. The normalized spacial score (nSPS) is 11.4. The summed E-state index contributed by atoms with van der Waals surface area (Å²) in [6, 6.07) is 11.0. The quantitative estimate of drug-likeness (QED) is 0.406. The summed E-state index contributed by atoms with van der Waals surface area (Å²) in [6.07, 6.45) is -1.77. The summed E-state index contributed by atoms with van der Waals surface area (Å²) in [7, 11) is 0. The molecule has 4 aromatic rings. The van der Waals surface area contributed by atoms with E-state index in [9.17, 15) is 22.8 Å². The molecule has 0 atom stereocenters. The van der Waals surface area contributed by atoms with Crippen LogP contribution in [0.3, 0.4) is 0 Å². The number of nitrogen functional groups attached to an aromatic ring is 1. The topological polar surface area (TPSA) is 114 Å². The Morgan fingerprint density at radius 3 is 2.21 bits per heavy atom. The Kier molecular flexibility index (Phi) is 5.70. The lowest BCUT2D eigenvalue weighted by atomic mass is 10.1. The van der Waals surface area contributed by atoms with Crippen LogP contribution in [0.1, 0.15) is 19.4 Å². The first-order chi connectivity index (χ1) is 16.0. The monoisotopic (exact) mass is 468 g/mol. The number of rotatable bonds is 4. The van der Waals surface area contributed by atoms with E-state index in [-0.39, 0.29) is 23.2 Å². The summed E-state index contributed by atoms with van der Waals surface area (Å²) in [6.45, 7) is 2.74. The first kappa shape index (κ1) is 22.8. The number of carbonyl (C=O) groups excluding carboxylic acids is 2. The average Bonchev–Trinajstić information content (AvgIpc) is 3.09. The van der Waals surface area contributed by atoms with Crippen molar-refractivity contribution < 1.29 is 22.8 Å². The van der Waals surface area contributed by atoms with Gasteiger partial charge < -0.3 is 16.4 Å². The van der Waals surface area contributed by atoms with Gasteiger partial charge in [0.25, 0.3) is 0 Å². The molecule has 4 N–H and O–H groups in total. The number of nitrogens with one attached hydrogen (secondary N) is 2. The van der Waals surface area contributed by atoms with Crippen molar-refractivity contribution in [1.82, 2.24) is 14.4 Å². The fourth-order valence-electron chi connectivity index (χ4n) is 3.52. The van der Waals surface area contributed by atoms with Crippen LogP contribution in [0.15, 0.2) is 54.9 Å². The summed E-state index contributed by atoms with van der Waals surface area (Å²) < 4.78 is 41.6. The van der Waals surface area contributed by atoms with Crippen LogP contribution in [0.4, 0.5) is 30.5 Å². The number of carbonyl (C=O) groups is 2. The highest BCUT2D eigenvalue weighted by atomic mass is 19.4. The zero-order valence-electron chi connectivity index (χ0n) is 18.1. The van der Waals surface area contributed by atoms with E-state index in [4.69, 9.17) is 5.73 Å². The Labute approximate surface area is 191 Å². The largest absolute Gasteiger partial charge is 0.419 e. The second-order valence-corrected chi connectivity index (χ2v) is 7.55. The van der Waals surface area contributed by atoms with Crippen LogP contribution in [0, 0.1) is 0 Å². The summed E-state index contributed by atoms with van der Waals surface area (Å²) in [5, 5.41) is 5.36. The third-order valence-electron chi connectivity index (χ3n) is 4.95. The van der Waals surface area contributed by atoms with Gasteiger partial charge >= 0.3 is 6.18 Å². The maximum Gasteiger partial charge on any atom is 0.419 e. The molecule has 1 aromatic carbocycles. The number of anilines is 3. The molecule has 0 saturated carbocycles. The lowest BCUT2D eigenvalue weighted by molar-refractivity contribution is -0.137. The van der Waals surface area contributed by atoms with Gasteiger partial charge in [0, 0.05) is 48.6 Å². The van der Waals surface area contributed by atoms with Crippen LogP contribution < -0.4 is 16.4 Å². The van der Waals surface area contributed by atoms with E-state index in [1.807, 2.05) is 0 Å². The Balaban J connectivity index is 1.87. The Hall–Kier alpha value is -4.41. The number of hydrogen-bond acceptors (Lipinski definition) is 5. The van der Waals surface area contributed by atoms with Crippen molar-refractivity contribution in [2.45, 2.75) is 20.0 Å². The molecule has 174 valence electrons. The molecule has 0 aliphatic carbocycles. The van der Waals surface area contributed by atoms with Crippen LogP contribution in [0.25, 0.3) is 28.0 Å². The molecule has 0 aliphatic heterocycles. The highest BCUT2D eigenvalue weighted by Gasteiger charge is 2.34. The minimum atomic E-state index is -4.65. The molecular formula is C23H19F3N6O2. The predicted octanol–water partition coefficient (Wildman–Crippen LogP) is 4.58. The van der Waals surface area contributed by atoms with Gasteiger partial charge in [-0.15, -0.1) is 0 Å². The van der Waals surface area contributed by atoms with Crippen LogP contribution in [0.5, 0.6) is 0 Å².